The molecular weight excluding hydrogens is 222 g/mol. The van der Waals surface area contributed by atoms with Crippen molar-refractivity contribution in [2.75, 3.05) is 43.4 Å². The van der Waals surface area contributed by atoms with Crippen LogP contribution >= 0.6 is 0 Å². The van der Waals surface area contributed by atoms with Crippen LogP contribution in [0.1, 0.15) is 20.3 Å². The molecular formula is C15H25N3. The van der Waals surface area contributed by atoms with Gasteiger partial charge < -0.3 is 10.6 Å². The standard InChI is InChI=1S/C15H25N3/c1-3-13(2)12-17-8-10-18(11-9-17)15-6-4-14(16)5-7-15/h4-7,13H,3,8-12,16H2,1-2H3. The number of rotatable bonds is 4. The summed E-state index contributed by atoms with van der Waals surface area (Å²) >= 11 is 0. The Morgan fingerprint density at radius 2 is 1.72 bits per heavy atom. The van der Waals surface area contributed by atoms with Crippen molar-refractivity contribution in [1.29, 1.82) is 0 Å². The zero-order chi connectivity index (χ0) is 13.0. The zero-order valence-electron chi connectivity index (χ0n) is 11.6. The van der Waals surface area contributed by atoms with E-state index in [1.165, 1.54) is 31.7 Å². The van der Waals surface area contributed by atoms with Crippen LogP contribution in [0.4, 0.5) is 11.4 Å². The molecule has 1 heterocycles. The molecule has 0 aliphatic carbocycles. The first-order chi connectivity index (χ1) is 8.69. The molecule has 0 saturated carbocycles. The molecule has 1 aliphatic heterocycles. The summed E-state index contributed by atoms with van der Waals surface area (Å²) in [4.78, 5) is 5.04. The summed E-state index contributed by atoms with van der Waals surface area (Å²) in [6.45, 7) is 10.5. The molecule has 0 radical (unpaired) electrons. The van der Waals surface area contributed by atoms with E-state index in [4.69, 9.17) is 5.73 Å². The van der Waals surface area contributed by atoms with Crippen molar-refractivity contribution in [3.63, 3.8) is 0 Å². The fourth-order valence-electron chi connectivity index (χ4n) is 2.44. The normalized spacial score (nSPS) is 18.9. The molecule has 0 aromatic heterocycles. The minimum Gasteiger partial charge on any atom is -0.399 e. The fraction of sp³-hybridized carbons (Fsp3) is 0.600. The fourth-order valence-corrected chi connectivity index (χ4v) is 2.44. The molecule has 2 N–H and O–H groups in total. The van der Waals surface area contributed by atoms with Crippen LogP contribution in [0.25, 0.3) is 0 Å². The third kappa shape index (κ3) is 3.39. The highest BCUT2D eigenvalue weighted by Crippen LogP contribution is 2.18. The molecule has 100 valence electrons. The van der Waals surface area contributed by atoms with Crippen LogP contribution in [0.15, 0.2) is 24.3 Å². The molecule has 0 amide bonds. The van der Waals surface area contributed by atoms with Gasteiger partial charge in [0.05, 0.1) is 0 Å². The second-order valence-corrected chi connectivity index (χ2v) is 5.39. The number of nitrogens with two attached hydrogens (primary N) is 1. The maximum absolute atomic E-state index is 5.72. The molecule has 2 rings (SSSR count). The third-order valence-corrected chi connectivity index (χ3v) is 3.90. The summed E-state index contributed by atoms with van der Waals surface area (Å²) in [5, 5.41) is 0. The Labute approximate surface area is 111 Å². The van der Waals surface area contributed by atoms with Gasteiger partial charge in [0.15, 0.2) is 0 Å². The Balaban J connectivity index is 1.84. The topological polar surface area (TPSA) is 32.5 Å². The maximum Gasteiger partial charge on any atom is 0.0368 e. The van der Waals surface area contributed by atoms with Gasteiger partial charge in [0, 0.05) is 44.1 Å². The molecule has 1 aliphatic rings. The quantitative estimate of drug-likeness (QED) is 0.829. The molecule has 1 aromatic rings. The van der Waals surface area contributed by atoms with E-state index in [0.29, 0.717) is 0 Å². The number of anilines is 2. The summed E-state index contributed by atoms with van der Waals surface area (Å²) in [7, 11) is 0. The lowest BCUT2D eigenvalue weighted by Crippen LogP contribution is -2.47. The van der Waals surface area contributed by atoms with Crippen molar-refractivity contribution in [3.05, 3.63) is 24.3 Å². The Kier molecular flexibility index (Phi) is 4.48. The molecule has 18 heavy (non-hydrogen) atoms. The van der Waals surface area contributed by atoms with E-state index in [9.17, 15) is 0 Å². The van der Waals surface area contributed by atoms with Gasteiger partial charge in [-0.3, -0.25) is 4.90 Å². The lowest BCUT2D eigenvalue weighted by molar-refractivity contribution is 0.222. The number of nitrogens with zero attached hydrogens (tertiary/aromatic N) is 2. The zero-order valence-corrected chi connectivity index (χ0v) is 11.6. The van der Waals surface area contributed by atoms with Gasteiger partial charge in [-0.05, 0) is 30.2 Å². The molecule has 1 unspecified atom stereocenters. The molecule has 1 saturated heterocycles. The van der Waals surface area contributed by atoms with Crippen molar-refractivity contribution < 1.29 is 0 Å². The summed E-state index contributed by atoms with van der Waals surface area (Å²) in [5.74, 6) is 0.813. The first-order valence-electron chi connectivity index (χ1n) is 7.02. The van der Waals surface area contributed by atoms with E-state index in [1.54, 1.807) is 0 Å². The second kappa shape index (κ2) is 6.10. The maximum atomic E-state index is 5.72. The van der Waals surface area contributed by atoms with Gasteiger partial charge in [-0.25, -0.2) is 0 Å². The summed E-state index contributed by atoms with van der Waals surface area (Å²) in [6, 6.07) is 8.22. The van der Waals surface area contributed by atoms with Crippen LogP contribution < -0.4 is 10.6 Å². The van der Waals surface area contributed by atoms with Crippen molar-refractivity contribution in [3.8, 4) is 0 Å². The van der Waals surface area contributed by atoms with Gasteiger partial charge in [0.25, 0.3) is 0 Å². The summed E-state index contributed by atoms with van der Waals surface area (Å²) in [6.07, 6.45) is 1.28. The average molecular weight is 247 g/mol. The van der Waals surface area contributed by atoms with Crippen LogP contribution in [0, 0.1) is 5.92 Å². The van der Waals surface area contributed by atoms with Crippen LogP contribution in [0.3, 0.4) is 0 Å². The second-order valence-electron chi connectivity index (χ2n) is 5.39. The highest BCUT2D eigenvalue weighted by Gasteiger charge is 2.18. The monoisotopic (exact) mass is 247 g/mol. The van der Waals surface area contributed by atoms with Gasteiger partial charge in [-0.2, -0.15) is 0 Å². The molecule has 3 heteroatoms. The molecule has 1 atom stereocenters. The summed E-state index contributed by atoms with van der Waals surface area (Å²) < 4.78 is 0. The molecule has 0 spiro atoms. The van der Waals surface area contributed by atoms with Crippen molar-refractivity contribution in [2.45, 2.75) is 20.3 Å². The highest BCUT2D eigenvalue weighted by atomic mass is 15.3. The third-order valence-electron chi connectivity index (χ3n) is 3.90. The number of piperazine rings is 1. The largest absolute Gasteiger partial charge is 0.399 e. The average Bonchev–Trinajstić information content (AvgIpc) is 2.40. The van der Waals surface area contributed by atoms with Gasteiger partial charge in [0.2, 0.25) is 0 Å². The van der Waals surface area contributed by atoms with Crippen LogP contribution in [0.5, 0.6) is 0 Å². The SMILES string of the molecule is CCC(C)CN1CCN(c2ccc(N)cc2)CC1. The first-order valence-corrected chi connectivity index (χ1v) is 7.02. The van der Waals surface area contributed by atoms with Crippen LogP contribution in [-0.4, -0.2) is 37.6 Å². The van der Waals surface area contributed by atoms with E-state index >= 15 is 0 Å². The van der Waals surface area contributed by atoms with Crippen LogP contribution in [0.2, 0.25) is 0 Å². The minimum absolute atomic E-state index is 0.813. The van der Waals surface area contributed by atoms with E-state index in [1.807, 2.05) is 12.1 Å². The van der Waals surface area contributed by atoms with Crippen molar-refractivity contribution in [1.82, 2.24) is 4.90 Å². The van der Waals surface area contributed by atoms with Gasteiger partial charge >= 0.3 is 0 Å². The van der Waals surface area contributed by atoms with Crippen molar-refractivity contribution >= 4 is 11.4 Å². The predicted octanol–water partition coefficient (Wildman–Crippen LogP) is 2.44. The first kappa shape index (κ1) is 13.2. The number of hydrogen-bond donors (Lipinski definition) is 1. The highest BCUT2D eigenvalue weighted by molar-refractivity contribution is 5.53. The predicted molar refractivity (Wildman–Crippen MR) is 79.0 cm³/mol. The number of benzene rings is 1. The van der Waals surface area contributed by atoms with E-state index in [-0.39, 0.29) is 0 Å². The Morgan fingerprint density at radius 3 is 2.28 bits per heavy atom. The molecule has 1 fully saturated rings. The van der Waals surface area contributed by atoms with Gasteiger partial charge in [0.1, 0.15) is 0 Å². The Morgan fingerprint density at radius 1 is 1.11 bits per heavy atom. The van der Waals surface area contributed by atoms with Gasteiger partial charge in [-0.1, -0.05) is 20.3 Å². The van der Waals surface area contributed by atoms with Crippen molar-refractivity contribution in [2.24, 2.45) is 5.92 Å². The van der Waals surface area contributed by atoms with E-state index in [0.717, 1.165) is 24.7 Å². The lowest BCUT2D eigenvalue weighted by atomic mass is 10.1. The summed E-state index contributed by atoms with van der Waals surface area (Å²) in [5.41, 5.74) is 7.86. The smallest absolute Gasteiger partial charge is 0.0368 e. The van der Waals surface area contributed by atoms with Gasteiger partial charge in [-0.15, -0.1) is 0 Å². The molecule has 3 nitrogen and oxygen atoms in total. The number of hydrogen-bond acceptors (Lipinski definition) is 3. The van der Waals surface area contributed by atoms with E-state index in [2.05, 4.69) is 35.8 Å². The lowest BCUT2D eigenvalue weighted by Gasteiger charge is -2.37. The number of nitrogen functional groups attached to an aromatic ring is 1. The Hall–Kier alpha value is -1.22. The Bertz CT molecular complexity index is 353. The van der Waals surface area contributed by atoms with Crippen LogP contribution in [-0.2, 0) is 0 Å². The van der Waals surface area contributed by atoms with E-state index < -0.39 is 0 Å². The molecule has 1 aromatic carbocycles. The minimum atomic E-state index is 0.813. The molecule has 0 bridgehead atoms.